The van der Waals surface area contributed by atoms with Crippen LogP contribution in [-0.4, -0.2) is 23.4 Å². The molecule has 0 aliphatic carbocycles. The molecule has 1 aliphatic rings. The summed E-state index contributed by atoms with van der Waals surface area (Å²) < 4.78 is 0. The van der Waals surface area contributed by atoms with E-state index in [-0.39, 0.29) is 5.92 Å². The minimum atomic E-state index is 0.222. The summed E-state index contributed by atoms with van der Waals surface area (Å²) in [6.45, 7) is 11.9. The second-order valence-electron chi connectivity index (χ2n) is 5.54. The second kappa shape index (κ2) is 5.70. The average Bonchev–Trinajstić information content (AvgIpc) is 2.16. The zero-order chi connectivity index (χ0) is 12.3. The summed E-state index contributed by atoms with van der Waals surface area (Å²) in [4.78, 5) is 14.6. The van der Waals surface area contributed by atoms with Crippen LogP contribution in [0.3, 0.4) is 0 Å². The predicted octanol–water partition coefficient (Wildman–Crippen LogP) is 3.32. The van der Waals surface area contributed by atoms with E-state index in [9.17, 15) is 4.79 Å². The standard InChI is InChI=1S/C14H27NO/c1-6-11(5)13(10(3)4)14(16)15-9-8-12(15)7-2/h10-13H,6-9H2,1-5H3. The van der Waals surface area contributed by atoms with Crippen molar-refractivity contribution in [1.82, 2.24) is 4.90 Å². The number of nitrogens with zero attached hydrogens (tertiary/aromatic N) is 1. The lowest BCUT2D eigenvalue weighted by molar-refractivity contribution is -0.147. The zero-order valence-corrected chi connectivity index (χ0v) is 11.5. The zero-order valence-electron chi connectivity index (χ0n) is 11.5. The molecule has 1 amide bonds. The van der Waals surface area contributed by atoms with E-state index in [0.717, 1.165) is 19.4 Å². The lowest BCUT2D eigenvalue weighted by atomic mass is 9.80. The molecular formula is C14H27NO. The van der Waals surface area contributed by atoms with Gasteiger partial charge in [0.2, 0.25) is 5.91 Å². The molecule has 3 atom stereocenters. The maximum absolute atomic E-state index is 12.5. The molecule has 1 rings (SSSR count). The van der Waals surface area contributed by atoms with Gasteiger partial charge in [-0.3, -0.25) is 4.79 Å². The van der Waals surface area contributed by atoms with Gasteiger partial charge in [-0.1, -0.05) is 41.0 Å². The number of amides is 1. The van der Waals surface area contributed by atoms with Gasteiger partial charge in [-0.05, 0) is 24.7 Å². The maximum atomic E-state index is 12.5. The third kappa shape index (κ3) is 2.58. The van der Waals surface area contributed by atoms with Crippen molar-refractivity contribution in [2.45, 2.75) is 59.9 Å². The SMILES string of the molecule is CCC(C)C(C(=O)N1CCC1CC)C(C)C. The van der Waals surface area contributed by atoms with Gasteiger partial charge in [0.15, 0.2) is 0 Å². The van der Waals surface area contributed by atoms with Crippen LogP contribution in [-0.2, 0) is 4.79 Å². The lowest BCUT2D eigenvalue weighted by Gasteiger charge is -2.44. The number of carbonyl (C=O) groups is 1. The van der Waals surface area contributed by atoms with E-state index in [0.29, 0.717) is 23.8 Å². The van der Waals surface area contributed by atoms with E-state index in [4.69, 9.17) is 0 Å². The van der Waals surface area contributed by atoms with Gasteiger partial charge in [0.1, 0.15) is 0 Å². The predicted molar refractivity (Wildman–Crippen MR) is 68.2 cm³/mol. The molecule has 16 heavy (non-hydrogen) atoms. The molecule has 0 aromatic carbocycles. The number of rotatable bonds is 5. The molecule has 1 aliphatic heterocycles. The minimum absolute atomic E-state index is 0.222. The monoisotopic (exact) mass is 225 g/mol. The number of hydrogen-bond donors (Lipinski definition) is 0. The molecule has 1 fully saturated rings. The van der Waals surface area contributed by atoms with Crippen molar-refractivity contribution in [1.29, 1.82) is 0 Å². The van der Waals surface area contributed by atoms with Crippen LogP contribution < -0.4 is 0 Å². The molecule has 0 spiro atoms. The highest BCUT2D eigenvalue weighted by atomic mass is 16.2. The first kappa shape index (κ1) is 13.5. The van der Waals surface area contributed by atoms with Crippen molar-refractivity contribution in [3.63, 3.8) is 0 Å². The molecular weight excluding hydrogens is 198 g/mol. The average molecular weight is 225 g/mol. The smallest absolute Gasteiger partial charge is 0.226 e. The molecule has 94 valence electrons. The Morgan fingerprint density at radius 1 is 1.31 bits per heavy atom. The molecule has 3 unspecified atom stereocenters. The summed E-state index contributed by atoms with van der Waals surface area (Å²) in [5, 5.41) is 0. The largest absolute Gasteiger partial charge is 0.339 e. The van der Waals surface area contributed by atoms with E-state index in [1.807, 2.05) is 0 Å². The molecule has 1 saturated heterocycles. The van der Waals surface area contributed by atoms with Crippen LogP contribution in [0.4, 0.5) is 0 Å². The first-order chi connectivity index (χ1) is 7.52. The molecule has 0 aromatic heterocycles. The van der Waals surface area contributed by atoms with Crippen molar-refractivity contribution < 1.29 is 4.79 Å². The summed E-state index contributed by atoms with van der Waals surface area (Å²) in [5.74, 6) is 1.59. The first-order valence-corrected chi connectivity index (χ1v) is 6.83. The molecule has 0 aromatic rings. The molecule has 2 nitrogen and oxygen atoms in total. The van der Waals surface area contributed by atoms with Gasteiger partial charge in [-0.15, -0.1) is 0 Å². The maximum Gasteiger partial charge on any atom is 0.226 e. The highest BCUT2D eigenvalue weighted by Gasteiger charge is 2.37. The number of likely N-dealkylation sites (tertiary alicyclic amines) is 1. The van der Waals surface area contributed by atoms with Crippen molar-refractivity contribution in [3.05, 3.63) is 0 Å². The molecule has 0 N–H and O–H groups in total. The van der Waals surface area contributed by atoms with Gasteiger partial charge in [0.05, 0.1) is 0 Å². The van der Waals surface area contributed by atoms with Crippen molar-refractivity contribution >= 4 is 5.91 Å². The summed E-state index contributed by atoms with van der Waals surface area (Å²) in [7, 11) is 0. The van der Waals surface area contributed by atoms with Crippen LogP contribution >= 0.6 is 0 Å². The van der Waals surface area contributed by atoms with E-state index in [1.165, 1.54) is 6.42 Å². The van der Waals surface area contributed by atoms with E-state index < -0.39 is 0 Å². The third-order valence-corrected chi connectivity index (χ3v) is 4.16. The van der Waals surface area contributed by atoms with Gasteiger partial charge in [0.25, 0.3) is 0 Å². The van der Waals surface area contributed by atoms with Crippen molar-refractivity contribution in [2.24, 2.45) is 17.8 Å². The molecule has 0 saturated carbocycles. The van der Waals surface area contributed by atoms with E-state index in [2.05, 4.69) is 39.5 Å². The Hall–Kier alpha value is -0.530. The highest BCUT2D eigenvalue weighted by molar-refractivity contribution is 5.80. The lowest BCUT2D eigenvalue weighted by Crippen LogP contribution is -2.54. The first-order valence-electron chi connectivity index (χ1n) is 6.83. The van der Waals surface area contributed by atoms with Crippen LogP contribution in [0.1, 0.15) is 53.9 Å². The van der Waals surface area contributed by atoms with E-state index >= 15 is 0 Å². The fraction of sp³-hybridized carbons (Fsp3) is 0.929. The van der Waals surface area contributed by atoms with Crippen LogP contribution in [0, 0.1) is 17.8 Å². The highest BCUT2D eigenvalue weighted by Crippen LogP contribution is 2.30. The summed E-state index contributed by atoms with van der Waals surface area (Å²) >= 11 is 0. The Balaban J connectivity index is 2.68. The van der Waals surface area contributed by atoms with Gasteiger partial charge in [-0.25, -0.2) is 0 Å². The number of carbonyl (C=O) groups excluding carboxylic acids is 1. The Morgan fingerprint density at radius 3 is 2.25 bits per heavy atom. The Labute approximate surface area is 100 Å². The second-order valence-corrected chi connectivity index (χ2v) is 5.54. The molecule has 0 radical (unpaired) electrons. The van der Waals surface area contributed by atoms with Crippen molar-refractivity contribution in [3.8, 4) is 0 Å². The summed E-state index contributed by atoms with van der Waals surface area (Å²) in [6, 6.07) is 0.526. The third-order valence-electron chi connectivity index (χ3n) is 4.16. The van der Waals surface area contributed by atoms with Crippen molar-refractivity contribution in [2.75, 3.05) is 6.54 Å². The van der Waals surface area contributed by atoms with Crippen LogP contribution in [0.5, 0.6) is 0 Å². The van der Waals surface area contributed by atoms with E-state index in [1.54, 1.807) is 0 Å². The normalized spacial score (nSPS) is 24.1. The fourth-order valence-electron chi connectivity index (χ4n) is 2.79. The fourth-order valence-corrected chi connectivity index (χ4v) is 2.79. The van der Waals surface area contributed by atoms with Gasteiger partial charge >= 0.3 is 0 Å². The van der Waals surface area contributed by atoms with Crippen LogP contribution in [0.2, 0.25) is 0 Å². The molecule has 1 heterocycles. The van der Waals surface area contributed by atoms with Crippen LogP contribution in [0.15, 0.2) is 0 Å². The quantitative estimate of drug-likeness (QED) is 0.703. The Bertz CT molecular complexity index is 235. The van der Waals surface area contributed by atoms with Gasteiger partial charge < -0.3 is 4.90 Å². The van der Waals surface area contributed by atoms with Crippen LogP contribution in [0.25, 0.3) is 0 Å². The Kier molecular flexibility index (Phi) is 4.82. The molecule has 2 heteroatoms. The topological polar surface area (TPSA) is 20.3 Å². The van der Waals surface area contributed by atoms with Gasteiger partial charge in [0, 0.05) is 18.5 Å². The number of hydrogen-bond acceptors (Lipinski definition) is 1. The minimum Gasteiger partial charge on any atom is -0.339 e. The van der Waals surface area contributed by atoms with Gasteiger partial charge in [-0.2, -0.15) is 0 Å². The summed E-state index contributed by atoms with van der Waals surface area (Å²) in [6.07, 6.45) is 3.41. The summed E-state index contributed by atoms with van der Waals surface area (Å²) in [5.41, 5.74) is 0. The molecule has 0 bridgehead atoms. The Morgan fingerprint density at radius 2 is 1.94 bits per heavy atom.